The number of nitrogens with zero attached hydrogens (tertiary/aromatic N) is 3. The van der Waals surface area contributed by atoms with Gasteiger partial charge in [0.05, 0.1) is 18.4 Å². The van der Waals surface area contributed by atoms with E-state index in [0.29, 0.717) is 6.54 Å². The summed E-state index contributed by atoms with van der Waals surface area (Å²) in [5.41, 5.74) is 0.898. The van der Waals surface area contributed by atoms with E-state index in [9.17, 15) is 0 Å². The molecule has 14 heavy (non-hydrogen) atoms. The number of rotatable bonds is 3. The standard InChI is InChI=1S/C9H10N4O/c1-7-2-3-9(13-12-7)10-6-8-4-5-11-14-8/h2-5H,6H2,1H3,(H,10,13). The molecule has 0 saturated heterocycles. The van der Waals surface area contributed by atoms with Gasteiger partial charge in [0.2, 0.25) is 0 Å². The predicted octanol–water partition coefficient (Wildman–Crippen LogP) is 1.39. The summed E-state index contributed by atoms with van der Waals surface area (Å²) in [5.74, 6) is 1.50. The van der Waals surface area contributed by atoms with E-state index in [1.165, 1.54) is 0 Å². The normalized spacial score (nSPS) is 10.1. The monoisotopic (exact) mass is 190 g/mol. The first-order chi connectivity index (χ1) is 6.84. The van der Waals surface area contributed by atoms with Crippen molar-refractivity contribution in [3.05, 3.63) is 35.9 Å². The maximum absolute atomic E-state index is 4.92. The number of aromatic nitrogens is 3. The summed E-state index contributed by atoms with van der Waals surface area (Å²) >= 11 is 0. The van der Waals surface area contributed by atoms with Crippen LogP contribution in [0.25, 0.3) is 0 Å². The van der Waals surface area contributed by atoms with Gasteiger partial charge in [-0.25, -0.2) is 0 Å². The lowest BCUT2D eigenvalue weighted by atomic mass is 10.4. The van der Waals surface area contributed by atoms with Crippen LogP contribution in [0.1, 0.15) is 11.5 Å². The van der Waals surface area contributed by atoms with Crippen LogP contribution in [-0.4, -0.2) is 15.4 Å². The summed E-state index contributed by atoms with van der Waals surface area (Å²) in [6.07, 6.45) is 1.61. The third-order valence-electron chi connectivity index (χ3n) is 1.73. The molecule has 5 nitrogen and oxygen atoms in total. The third kappa shape index (κ3) is 2.07. The van der Waals surface area contributed by atoms with E-state index >= 15 is 0 Å². The summed E-state index contributed by atoms with van der Waals surface area (Å²) in [7, 11) is 0. The summed E-state index contributed by atoms with van der Waals surface area (Å²) in [6.45, 7) is 2.46. The molecule has 0 aliphatic rings. The molecule has 72 valence electrons. The number of aryl methyl sites for hydroxylation is 1. The molecule has 0 spiro atoms. The van der Waals surface area contributed by atoms with E-state index in [1.54, 1.807) is 12.3 Å². The highest BCUT2D eigenvalue weighted by molar-refractivity contribution is 5.32. The Morgan fingerprint density at radius 3 is 2.86 bits per heavy atom. The van der Waals surface area contributed by atoms with Crippen molar-refractivity contribution in [2.75, 3.05) is 5.32 Å². The van der Waals surface area contributed by atoms with Crippen molar-refractivity contribution in [2.45, 2.75) is 13.5 Å². The Morgan fingerprint density at radius 1 is 1.29 bits per heavy atom. The fraction of sp³-hybridized carbons (Fsp3) is 0.222. The third-order valence-corrected chi connectivity index (χ3v) is 1.73. The van der Waals surface area contributed by atoms with Crippen molar-refractivity contribution in [3.63, 3.8) is 0 Å². The number of nitrogens with one attached hydrogen (secondary N) is 1. The van der Waals surface area contributed by atoms with Crippen LogP contribution in [0.5, 0.6) is 0 Å². The molecular formula is C9H10N4O. The minimum Gasteiger partial charge on any atom is -0.361 e. The van der Waals surface area contributed by atoms with Gasteiger partial charge < -0.3 is 9.84 Å². The van der Waals surface area contributed by atoms with Crippen LogP contribution in [0.4, 0.5) is 5.82 Å². The van der Waals surface area contributed by atoms with Gasteiger partial charge in [-0.05, 0) is 19.1 Å². The molecular weight excluding hydrogens is 180 g/mol. The number of hydrogen-bond donors (Lipinski definition) is 1. The fourth-order valence-electron chi connectivity index (χ4n) is 1.00. The van der Waals surface area contributed by atoms with Crippen molar-refractivity contribution < 1.29 is 4.52 Å². The lowest BCUT2D eigenvalue weighted by Crippen LogP contribution is -2.01. The highest BCUT2D eigenvalue weighted by Crippen LogP contribution is 2.04. The maximum atomic E-state index is 4.92. The van der Waals surface area contributed by atoms with Crippen molar-refractivity contribution in [1.82, 2.24) is 15.4 Å². The lowest BCUT2D eigenvalue weighted by molar-refractivity contribution is 0.388. The average Bonchev–Trinajstić information content (AvgIpc) is 2.70. The summed E-state index contributed by atoms with van der Waals surface area (Å²) in [5, 5.41) is 14.5. The first kappa shape index (κ1) is 8.68. The topological polar surface area (TPSA) is 63.8 Å². The van der Waals surface area contributed by atoms with E-state index in [0.717, 1.165) is 17.3 Å². The highest BCUT2D eigenvalue weighted by atomic mass is 16.5. The quantitative estimate of drug-likeness (QED) is 0.792. The Hall–Kier alpha value is -1.91. The zero-order valence-electron chi connectivity index (χ0n) is 7.77. The molecule has 0 amide bonds. The van der Waals surface area contributed by atoms with Crippen LogP contribution in [0, 0.1) is 6.92 Å². The molecule has 2 heterocycles. The van der Waals surface area contributed by atoms with Gasteiger partial charge in [-0.1, -0.05) is 5.16 Å². The van der Waals surface area contributed by atoms with Crippen LogP contribution in [0.2, 0.25) is 0 Å². The van der Waals surface area contributed by atoms with Gasteiger partial charge in [-0.15, -0.1) is 5.10 Å². The SMILES string of the molecule is Cc1ccc(NCc2ccno2)nn1. The first-order valence-electron chi connectivity index (χ1n) is 4.28. The van der Waals surface area contributed by atoms with E-state index in [4.69, 9.17) is 4.52 Å². The molecule has 5 heteroatoms. The van der Waals surface area contributed by atoms with Crippen LogP contribution < -0.4 is 5.32 Å². The van der Waals surface area contributed by atoms with Gasteiger partial charge in [0, 0.05) is 6.07 Å². The molecule has 0 fully saturated rings. The maximum Gasteiger partial charge on any atom is 0.155 e. The zero-order valence-corrected chi connectivity index (χ0v) is 7.77. The Kier molecular flexibility index (Phi) is 2.40. The molecule has 0 radical (unpaired) electrons. The molecule has 0 atom stereocenters. The Balaban J connectivity index is 1.95. The molecule has 0 aliphatic heterocycles. The lowest BCUT2D eigenvalue weighted by Gasteiger charge is -2.01. The smallest absolute Gasteiger partial charge is 0.155 e. The Bertz CT molecular complexity index is 382. The molecule has 0 unspecified atom stereocenters. The summed E-state index contributed by atoms with van der Waals surface area (Å²) < 4.78 is 4.92. The Labute approximate surface area is 81.1 Å². The van der Waals surface area contributed by atoms with Gasteiger partial charge in [0.25, 0.3) is 0 Å². The second-order valence-electron chi connectivity index (χ2n) is 2.89. The predicted molar refractivity (Wildman–Crippen MR) is 50.6 cm³/mol. The molecule has 1 N–H and O–H groups in total. The second kappa shape index (κ2) is 3.87. The van der Waals surface area contributed by atoms with Crippen molar-refractivity contribution in [3.8, 4) is 0 Å². The van der Waals surface area contributed by atoms with Crippen molar-refractivity contribution >= 4 is 5.82 Å². The Morgan fingerprint density at radius 2 is 2.21 bits per heavy atom. The van der Waals surface area contributed by atoms with Crippen LogP contribution in [0.15, 0.2) is 28.9 Å². The van der Waals surface area contributed by atoms with E-state index in [2.05, 4.69) is 20.7 Å². The first-order valence-corrected chi connectivity index (χ1v) is 4.28. The molecule has 2 aromatic rings. The molecule has 0 aliphatic carbocycles. The minimum absolute atomic E-state index is 0.567. The summed E-state index contributed by atoms with van der Waals surface area (Å²) in [6, 6.07) is 5.57. The van der Waals surface area contributed by atoms with Gasteiger partial charge in [0.15, 0.2) is 5.76 Å². The zero-order chi connectivity index (χ0) is 9.80. The highest BCUT2D eigenvalue weighted by Gasteiger charge is 1.97. The van der Waals surface area contributed by atoms with Crippen molar-refractivity contribution in [2.24, 2.45) is 0 Å². The molecule has 0 bridgehead atoms. The van der Waals surface area contributed by atoms with Crippen LogP contribution in [0.3, 0.4) is 0 Å². The van der Waals surface area contributed by atoms with Gasteiger partial charge in [-0.2, -0.15) is 5.10 Å². The number of hydrogen-bond acceptors (Lipinski definition) is 5. The van der Waals surface area contributed by atoms with Gasteiger partial charge in [0.1, 0.15) is 5.82 Å². The van der Waals surface area contributed by atoms with E-state index in [-0.39, 0.29) is 0 Å². The van der Waals surface area contributed by atoms with Gasteiger partial charge >= 0.3 is 0 Å². The van der Waals surface area contributed by atoms with Gasteiger partial charge in [-0.3, -0.25) is 0 Å². The number of anilines is 1. The largest absolute Gasteiger partial charge is 0.361 e. The van der Waals surface area contributed by atoms with Crippen molar-refractivity contribution in [1.29, 1.82) is 0 Å². The average molecular weight is 190 g/mol. The molecule has 0 saturated carbocycles. The molecule has 2 aromatic heterocycles. The van der Waals surface area contributed by atoms with E-state index in [1.807, 2.05) is 19.1 Å². The second-order valence-corrected chi connectivity index (χ2v) is 2.89. The minimum atomic E-state index is 0.567. The van der Waals surface area contributed by atoms with Crippen LogP contribution >= 0.6 is 0 Å². The van der Waals surface area contributed by atoms with Crippen LogP contribution in [-0.2, 0) is 6.54 Å². The summed E-state index contributed by atoms with van der Waals surface area (Å²) in [4.78, 5) is 0. The molecule has 2 rings (SSSR count). The van der Waals surface area contributed by atoms with E-state index < -0.39 is 0 Å². The molecule has 0 aromatic carbocycles. The fourth-order valence-corrected chi connectivity index (χ4v) is 1.00.